The van der Waals surface area contributed by atoms with Gasteiger partial charge >= 0.3 is 6.03 Å². The first-order chi connectivity index (χ1) is 12.2. The first kappa shape index (κ1) is 17.9. The third kappa shape index (κ3) is 6.17. The maximum Gasteiger partial charge on any atom is 0.319 e. The van der Waals surface area contributed by atoms with Gasteiger partial charge in [0.1, 0.15) is 11.6 Å². The monoisotopic (exact) mass is 351 g/mol. The lowest BCUT2D eigenvalue weighted by molar-refractivity contribution is 0.141. The second-order valence-corrected chi connectivity index (χ2v) is 6.58. The molecule has 0 radical (unpaired) electrons. The van der Waals surface area contributed by atoms with E-state index in [1.807, 2.05) is 0 Å². The number of hydrogen-bond acceptors (Lipinski definition) is 4. The van der Waals surface area contributed by atoms with Gasteiger partial charge < -0.3 is 20.1 Å². The zero-order valence-corrected chi connectivity index (χ0v) is 14.4. The van der Waals surface area contributed by atoms with Crippen LogP contribution in [0.1, 0.15) is 19.3 Å². The van der Waals surface area contributed by atoms with Gasteiger partial charge in [0, 0.05) is 38.9 Å². The molecule has 1 saturated carbocycles. The molecule has 1 aromatic rings. The Balaban J connectivity index is 1.45. The molecule has 6 nitrogen and oxygen atoms in total. The van der Waals surface area contributed by atoms with Crippen molar-refractivity contribution >= 4 is 11.7 Å². The molecule has 1 heterocycles. The summed E-state index contributed by atoms with van der Waals surface area (Å²) in [5.74, 6) is 0.691. The highest BCUT2D eigenvalue weighted by atomic mass is 19.1. The van der Waals surface area contributed by atoms with Gasteiger partial charge in [0.2, 0.25) is 0 Å². The normalized spacial score (nSPS) is 18.4. The summed E-state index contributed by atoms with van der Waals surface area (Å²) in [7, 11) is 0. The number of rotatable bonds is 7. The van der Waals surface area contributed by atoms with Crippen molar-refractivity contribution in [2.75, 3.05) is 51.3 Å². The molecule has 0 unspecified atom stereocenters. The number of anilines is 1. The first-order valence-electron chi connectivity index (χ1n) is 8.98. The van der Waals surface area contributed by atoms with Gasteiger partial charge in [-0.2, -0.15) is 0 Å². The SMILES string of the molecule is O=C(NCCN1CCCOCC1)Nc1cc(F)ccc1OCC1CC1. The Bertz CT molecular complexity index is 573. The fraction of sp³-hybridized carbons (Fsp3) is 0.611. The molecule has 1 aromatic carbocycles. The predicted octanol–water partition coefficient (Wildman–Crippen LogP) is 2.46. The highest BCUT2D eigenvalue weighted by Crippen LogP contribution is 2.32. The lowest BCUT2D eigenvalue weighted by Crippen LogP contribution is -2.38. The number of amides is 2. The molecule has 25 heavy (non-hydrogen) atoms. The molecule has 0 bridgehead atoms. The Hall–Kier alpha value is -1.86. The van der Waals surface area contributed by atoms with Crippen molar-refractivity contribution in [1.29, 1.82) is 0 Å². The number of halogens is 1. The summed E-state index contributed by atoms with van der Waals surface area (Å²) in [6, 6.07) is 3.83. The van der Waals surface area contributed by atoms with Gasteiger partial charge in [0.05, 0.1) is 18.9 Å². The average molecular weight is 351 g/mol. The van der Waals surface area contributed by atoms with E-state index in [0.29, 0.717) is 30.5 Å². The summed E-state index contributed by atoms with van der Waals surface area (Å²) in [5, 5.41) is 5.50. The van der Waals surface area contributed by atoms with Crippen molar-refractivity contribution in [2.24, 2.45) is 5.92 Å². The Morgan fingerprint density at radius 1 is 1.32 bits per heavy atom. The molecule has 2 N–H and O–H groups in total. The lowest BCUT2D eigenvalue weighted by atomic mass is 10.3. The molecule has 1 saturated heterocycles. The zero-order valence-electron chi connectivity index (χ0n) is 14.4. The van der Waals surface area contributed by atoms with Crippen molar-refractivity contribution in [1.82, 2.24) is 10.2 Å². The molecule has 2 amide bonds. The van der Waals surface area contributed by atoms with Crippen LogP contribution in [0.4, 0.5) is 14.9 Å². The number of carbonyl (C=O) groups excluding carboxylic acids is 1. The summed E-state index contributed by atoms with van der Waals surface area (Å²) in [6.45, 7) is 5.30. The maximum absolute atomic E-state index is 13.5. The van der Waals surface area contributed by atoms with Crippen LogP contribution in [-0.2, 0) is 4.74 Å². The van der Waals surface area contributed by atoms with E-state index in [1.54, 1.807) is 6.07 Å². The van der Waals surface area contributed by atoms with Crippen LogP contribution in [0.2, 0.25) is 0 Å². The number of ether oxygens (including phenoxy) is 2. The molecule has 3 rings (SSSR count). The molecular formula is C18H26FN3O3. The summed E-state index contributed by atoms with van der Waals surface area (Å²) >= 11 is 0. The molecular weight excluding hydrogens is 325 g/mol. The molecule has 0 spiro atoms. The second-order valence-electron chi connectivity index (χ2n) is 6.58. The molecule has 2 aliphatic rings. The minimum atomic E-state index is -0.404. The molecule has 0 atom stereocenters. The fourth-order valence-electron chi connectivity index (χ4n) is 2.73. The topological polar surface area (TPSA) is 62.8 Å². The number of benzene rings is 1. The minimum Gasteiger partial charge on any atom is -0.491 e. The third-order valence-corrected chi connectivity index (χ3v) is 4.39. The van der Waals surface area contributed by atoms with Crippen molar-refractivity contribution in [3.05, 3.63) is 24.0 Å². The Morgan fingerprint density at radius 3 is 3.04 bits per heavy atom. The van der Waals surface area contributed by atoms with E-state index in [-0.39, 0.29) is 6.03 Å². The Kier molecular flexibility index (Phi) is 6.47. The van der Waals surface area contributed by atoms with E-state index in [1.165, 1.54) is 25.0 Å². The van der Waals surface area contributed by atoms with Crippen LogP contribution in [0, 0.1) is 11.7 Å². The van der Waals surface area contributed by atoms with Crippen molar-refractivity contribution in [3.8, 4) is 5.75 Å². The maximum atomic E-state index is 13.5. The zero-order chi connectivity index (χ0) is 17.5. The first-order valence-corrected chi connectivity index (χ1v) is 8.98. The van der Waals surface area contributed by atoms with Crippen LogP contribution < -0.4 is 15.4 Å². The quantitative estimate of drug-likeness (QED) is 0.792. The molecule has 138 valence electrons. The number of carbonyl (C=O) groups is 1. The van der Waals surface area contributed by atoms with E-state index in [2.05, 4.69) is 15.5 Å². The highest BCUT2D eigenvalue weighted by Gasteiger charge is 2.22. The van der Waals surface area contributed by atoms with Gasteiger partial charge in [-0.25, -0.2) is 9.18 Å². The number of nitrogens with zero attached hydrogens (tertiary/aromatic N) is 1. The number of hydrogen-bond donors (Lipinski definition) is 2. The molecule has 7 heteroatoms. The predicted molar refractivity (Wildman–Crippen MR) is 93.5 cm³/mol. The van der Waals surface area contributed by atoms with Crippen molar-refractivity contribution < 1.29 is 18.7 Å². The smallest absolute Gasteiger partial charge is 0.319 e. The van der Waals surface area contributed by atoms with Crippen LogP contribution >= 0.6 is 0 Å². The van der Waals surface area contributed by atoms with Gasteiger partial charge in [0.15, 0.2) is 0 Å². The van der Waals surface area contributed by atoms with Crippen LogP contribution in [-0.4, -0.2) is 56.9 Å². The summed E-state index contributed by atoms with van der Waals surface area (Å²) in [5.41, 5.74) is 0.362. The van der Waals surface area contributed by atoms with Crippen molar-refractivity contribution in [2.45, 2.75) is 19.3 Å². The standard InChI is InChI=1S/C18H26FN3O3/c19-15-4-5-17(25-13-14-2-3-14)16(12-15)21-18(23)20-6-8-22-7-1-10-24-11-9-22/h4-5,12,14H,1-3,6-11,13H2,(H2,20,21,23). The van der Waals surface area contributed by atoms with Crippen LogP contribution in [0.25, 0.3) is 0 Å². The largest absolute Gasteiger partial charge is 0.491 e. The molecule has 2 fully saturated rings. The molecule has 1 aliphatic heterocycles. The van der Waals surface area contributed by atoms with Gasteiger partial charge in [-0.05, 0) is 37.3 Å². The average Bonchev–Trinajstić information content (AvgIpc) is 3.41. The van der Waals surface area contributed by atoms with E-state index in [4.69, 9.17) is 9.47 Å². The van der Waals surface area contributed by atoms with Crippen LogP contribution in [0.15, 0.2) is 18.2 Å². The lowest BCUT2D eigenvalue weighted by Gasteiger charge is -2.19. The second kappa shape index (κ2) is 9.01. The summed E-state index contributed by atoms with van der Waals surface area (Å²) in [6.07, 6.45) is 3.36. The van der Waals surface area contributed by atoms with Gasteiger partial charge in [-0.1, -0.05) is 0 Å². The van der Waals surface area contributed by atoms with Crippen LogP contribution in [0.5, 0.6) is 5.75 Å². The Labute approximate surface area is 147 Å². The molecule has 1 aliphatic carbocycles. The van der Waals surface area contributed by atoms with Gasteiger partial charge in [0.25, 0.3) is 0 Å². The van der Waals surface area contributed by atoms with E-state index in [0.717, 1.165) is 39.3 Å². The number of nitrogens with one attached hydrogen (secondary N) is 2. The van der Waals surface area contributed by atoms with E-state index < -0.39 is 5.82 Å². The number of urea groups is 1. The van der Waals surface area contributed by atoms with Crippen molar-refractivity contribution in [3.63, 3.8) is 0 Å². The summed E-state index contributed by atoms with van der Waals surface area (Å²) in [4.78, 5) is 14.4. The summed E-state index contributed by atoms with van der Waals surface area (Å²) < 4.78 is 24.6. The van der Waals surface area contributed by atoms with E-state index in [9.17, 15) is 9.18 Å². The van der Waals surface area contributed by atoms with E-state index >= 15 is 0 Å². The minimum absolute atomic E-state index is 0.354. The molecule has 0 aromatic heterocycles. The van der Waals surface area contributed by atoms with Gasteiger partial charge in [-0.3, -0.25) is 4.90 Å². The highest BCUT2D eigenvalue weighted by molar-refractivity contribution is 5.90. The van der Waals surface area contributed by atoms with Gasteiger partial charge in [-0.15, -0.1) is 0 Å². The Morgan fingerprint density at radius 2 is 2.20 bits per heavy atom. The van der Waals surface area contributed by atoms with Crippen LogP contribution in [0.3, 0.4) is 0 Å². The third-order valence-electron chi connectivity index (χ3n) is 4.39. The fourth-order valence-corrected chi connectivity index (χ4v) is 2.73.